The van der Waals surface area contributed by atoms with Gasteiger partial charge in [-0.15, -0.1) is 0 Å². The predicted octanol–water partition coefficient (Wildman–Crippen LogP) is 1.73. The third kappa shape index (κ3) is 5.44. The Labute approximate surface area is 161 Å². The van der Waals surface area contributed by atoms with E-state index in [2.05, 4.69) is 15.8 Å². The van der Waals surface area contributed by atoms with Crippen LogP contribution in [0, 0.1) is 5.82 Å². The molecule has 2 amide bonds. The predicted molar refractivity (Wildman–Crippen MR) is 101 cm³/mol. The summed E-state index contributed by atoms with van der Waals surface area (Å²) in [5.41, 5.74) is 3.00. The Bertz CT molecular complexity index is 861. The number of methoxy groups -OCH3 is 3. The van der Waals surface area contributed by atoms with Crippen LogP contribution in [0.4, 0.5) is 4.39 Å². The first kappa shape index (κ1) is 20.7. The van der Waals surface area contributed by atoms with Crippen LogP contribution < -0.4 is 25.0 Å². The lowest BCUT2D eigenvalue weighted by Crippen LogP contribution is -2.34. The van der Waals surface area contributed by atoms with Crippen molar-refractivity contribution in [2.24, 2.45) is 5.10 Å². The largest absolute Gasteiger partial charge is 0.493 e. The second-order valence-corrected chi connectivity index (χ2v) is 5.44. The van der Waals surface area contributed by atoms with Gasteiger partial charge in [0.25, 0.3) is 11.8 Å². The molecule has 8 nitrogen and oxygen atoms in total. The summed E-state index contributed by atoms with van der Waals surface area (Å²) in [5, 5.41) is 6.20. The summed E-state index contributed by atoms with van der Waals surface area (Å²) in [6, 6.07) is 8.47. The van der Waals surface area contributed by atoms with E-state index < -0.39 is 17.6 Å². The molecule has 0 bridgehead atoms. The van der Waals surface area contributed by atoms with E-state index in [4.69, 9.17) is 14.2 Å². The molecule has 148 valence electrons. The Hall–Kier alpha value is -3.62. The van der Waals surface area contributed by atoms with E-state index in [9.17, 15) is 14.0 Å². The van der Waals surface area contributed by atoms with Crippen LogP contribution >= 0.6 is 0 Å². The lowest BCUT2D eigenvalue weighted by molar-refractivity contribution is -0.120. The fraction of sp³-hybridized carbons (Fsp3) is 0.211. The molecule has 0 aliphatic rings. The van der Waals surface area contributed by atoms with Crippen LogP contribution in [0.3, 0.4) is 0 Å². The zero-order valence-corrected chi connectivity index (χ0v) is 15.6. The number of halogens is 1. The Kier molecular flexibility index (Phi) is 7.32. The molecule has 0 saturated carbocycles. The molecule has 2 aromatic carbocycles. The molecule has 0 spiro atoms. The first-order chi connectivity index (χ1) is 13.5. The molecule has 9 heteroatoms. The number of nitrogens with one attached hydrogen (secondary N) is 2. The Balaban J connectivity index is 1.93. The average Bonchev–Trinajstić information content (AvgIpc) is 2.71. The number of carbonyl (C=O) groups is 2. The van der Waals surface area contributed by atoms with Crippen molar-refractivity contribution in [2.75, 3.05) is 27.9 Å². The van der Waals surface area contributed by atoms with Crippen molar-refractivity contribution in [2.45, 2.75) is 0 Å². The highest BCUT2D eigenvalue weighted by Crippen LogP contribution is 2.37. The zero-order chi connectivity index (χ0) is 20.5. The molecule has 0 fully saturated rings. The SMILES string of the molecule is COc1cc(/C=N\NC(=O)CNC(=O)c2cccc(F)c2)cc(OC)c1OC. The van der Waals surface area contributed by atoms with Crippen LogP contribution in [0.2, 0.25) is 0 Å². The van der Waals surface area contributed by atoms with E-state index in [1.165, 1.54) is 45.7 Å². The second-order valence-electron chi connectivity index (χ2n) is 5.44. The minimum absolute atomic E-state index is 0.119. The molecular formula is C19H20FN3O5. The molecule has 0 aliphatic heterocycles. The van der Waals surface area contributed by atoms with Crippen LogP contribution in [-0.4, -0.2) is 45.9 Å². The van der Waals surface area contributed by atoms with Crippen molar-refractivity contribution >= 4 is 18.0 Å². The quantitative estimate of drug-likeness (QED) is 0.529. The monoisotopic (exact) mass is 389 g/mol. The van der Waals surface area contributed by atoms with Gasteiger partial charge in [-0.2, -0.15) is 5.10 Å². The van der Waals surface area contributed by atoms with E-state index in [0.29, 0.717) is 22.8 Å². The van der Waals surface area contributed by atoms with Gasteiger partial charge in [-0.05, 0) is 30.3 Å². The van der Waals surface area contributed by atoms with Gasteiger partial charge in [0, 0.05) is 11.1 Å². The van der Waals surface area contributed by atoms with Crippen LogP contribution in [-0.2, 0) is 4.79 Å². The smallest absolute Gasteiger partial charge is 0.259 e. The fourth-order valence-corrected chi connectivity index (χ4v) is 2.29. The fourth-order valence-electron chi connectivity index (χ4n) is 2.29. The Morgan fingerprint density at radius 2 is 1.75 bits per heavy atom. The van der Waals surface area contributed by atoms with Crippen LogP contribution in [0.1, 0.15) is 15.9 Å². The Morgan fingerprint density at radius 3 is 2.32 bits per heavy atom. The summed E-state index contributed by atoms with van der Waals surface area (Å²) < 4.78 is 28.8. The molecule has 0 unspecified atom stereocenters. The van der Waals surface area contributed by atoms with Crippen LogP contribution in [0.25, 0.3) is 0 Å². The number of rotatable bonds is 8. The maximum atomic E-state index is 13.1. The molecule has 2 aromatic rings. The van der Waals surface area contributed by atoms with Gasteiger partial charge < -0.3 is 19.5 Å². The van der Waals surface area contributed by atoms with Crippen molar-refractivity contribution in [3.63, 3.8) is 0 Å². The number of nitrogens with zero attached hydrogens (tertiary/aromatic N) is 1. The van der Waals surface area contributed by atoms with Crippen LogP contribution in [0.15, 0.2) is 41.5 Å². The molecule has 0 radical (unpaired) electrons. The molecular weight excluding hydrogens is 369 g/mol. The van der Waals surface area contributed by atoms with Crippen molar-refractivity contribution < 1.29 is 28.2 Å². The third-order valence-corrected chi connectivity index (χ3v) is 3.59. The molecule has 2 rings (SSSR count). The number of hydrazone groups is 1. The van der Waals surface area contributed by atoms with Gasteiger partial charge in [0.15, 0.2) is 11.5 Å². The molecule has 28 heavy (non-hydrogen) atoms. The normalized spacial score (nSPS) is 10.4. The molecule has 0 aromatic heterocycles. The Morgan fingerprint density at radius 1 is 1.07 bits per heavy atom. The van der Waals surface area contributed by atoms with Crippen molar-refractivity contribution in [3.8, 4) is 17.2 Å². The first-order valence-electron chi connectivity index (χ1n) is 8.14. The number of carbonyl (C=O) groups excluding carboxylic acids is 2. The number of benzene rings is 2. The molecule has 0 heterocycles. The zero-order valence-electron chi connectivity index (χ0n) is 15.6. The van der Waals surface area contributed by atoms with Crippen molar-refractivity contribution in [1.82, 2.24) is 10.7 Å². The standard InChI is InChI=1S/C19H20FN3O5/c1-26-15-7-12(8-16(27-2)18(15)28-3)10-22-23-17(24)11-21-19(25)13-5-4-6-14(20)9-13/h4-10H,11H2,1-3H3,(H,21,25)(H,23,24)/b22-10-. The molecule has 0 atom stereocenters. The summed E-state index contributed by atoms with van der Waals surface area (Å²) >= 11 is 0. The lowest BCUT2D eigenvalue weighted by atomic mass is 10.2. The summed E-state index contributed by atoms with van der Waals surface area (Å²) in [7, 11) is 4.47. The molecule has 2 N–H and O–H groups in total. The van der Waals surface area contributed by atoms with Gasteiger partial charge in [-0.3, -0.25) is 9.59 Å². The van der Waals surface area contributed by atoms with Gasteiger partial charge >= 0.3 is 0 Å². The maximum Gasteiger partial charge on any atom is 0.259 e. The van der Waals surface area contributed by atoms with E-state index in [1.54, 1.807) is 12.1 Å². The van der Waals surface area contributed by atoms with Crippen LogP contribution in [0.5, 0.6) is 17.2 Å². The van der Waals surface area contributed by atoms with Gasteiger partial charge in [-0.25, -0.2) is 9.82 Å². The van der Waals surface area contributed by atoms with Gasteiger partial charge in [0.05, 0.1) is 34.1 Å². The minimum atomic E-state index is -0.566. The van der Waals surface area contributed by atoms with E-state index in [0.717, 1.165) is 6.07 Å². The van der Waals surface area contributed by atoms with Crippen molar-refractivity contribution in [3.05, 3.63) is 53.3 Å². The minimum Gasteiger partial charge on any atom is -0.493 e. The topological polar surface area (TPSA) is 98.2 Å². The second kappa shape index (κ2) is 9.91. The summed E-state index contributed by atoms with van der Waals surface area (Å²) in [6.07, 6.45) is 1.39. The lowest BCUT2D eigenvalue weighted by Gasteiger charge is -2.12. The van der Waals surface area contributed by atoms with E-state index >= 15 is 0 Å². The van der Waals surface area contributed by atoms with E-state index in [-0.39, 0.29) is 12.1 Å². The molecule has 0 saturated heterocycles. The highest BCUT2D eigenvalue weighted by Gasteiger charge is 2.12. The highest BCUT2D eigenvalue weighted by molar-refractivity contribution is 5.96. The summed E-state index contributed by atoms with van der Waals surface area (Å²) in [4.78, 5) is 23.7. The van der Waals surface area contributed by atoms with Gasteiger partial charge in [0.1, 0.15) is 5.82 Å². The summed E-state index contributed by atoms with van der Waals surface area (Å²) in [5.74, 6) is -0.330. The van der Waals surface area contributed by atoms with Gasteiger partial charge in [-0.1, -0.05) is 6.07 Å². The van der Waals surface area contributed by atoms with E-state index in [1.807, 2.05) is 0 Å². The average molecular weight is 389 g/mol. The maximum absolute atomic E-state index is 13.1. The molecule has 0 aliphatic carbocycles. The third-order valence-electron chi connectivity index (χ3n) is 3.59. The number of hydrogen-bond donors (Lipinski definition) is 2. The van der Waals surface area contributed by atoms with Crippen molar-refractivity contribution in [1.29, 1.82) is 0 Å². The highest BCUT2D eigenvalue weighted by atomic mass is 19.1. The van der Waals surface area contributed by atoms with Gasteiger partial charge in [0.2, 0.25) is 5.75 Å². The first-order valence-corrected chi connectivity index (χ1v) is 8.14. The number of hydrogen-bond acceptors (Lipinski definition) is 6. The number of amides is 2. The number of ether oxygens (including phenoxy) is 3. The summed E-state index contributed by atoms with van der Waals surface area (Å²) in [6.45, 7) is -0.318.